The highest BCUT2D eigenvalue weighted by molar-refractivity contribution is 5.85. The van der Waals surface area contributed by atoms with Crippen LogP contribution in [0.5, 0.6) is 0 Å². The van der Waals surface area contributed by atoms with Crippen molar-refractivity contribution in [3.05, 3.63) is 17.8 Å². The zero-order valence-corrected chi connectivity index (χ0v) is 8.55. The fraction of sp³-hybridized carbons (Fsp3) is 0.500. The Kier molecular flexibility index (Phi) is 2.53. The van der Waals surface area contributed by atoms with E-state index < -0.39 is 5.97 Å². The molecule has 5 heteroatoms. The number of carboxylic acids is 1. The largest absolute Gasteiger partial charge is 0.476 e. The van der Waals surface area contributed by atoms with Gasteiger partial charge in [-0.3, -0.25) is 0 Å². The summed E-state index contributed by atoms with van der Waals surface area (Å²) in [6.07, 6.45) is 2.57. The van der Waals surface area contributed by atoms with Crippen LogP contribution in [-0.2, 0) is 0 Å². The van der Waals surface area contributed by atoms with Gasteiger partial charge in [-0.2, -0.15) is 0 Å². The van der Waals surface area contributed by atoms with Gasteiger partial charge < -0.3 is 10.0 Å². The summed E-state index contributed by atoms with van der Waals surface area (Å²) >= 11 is 0. The number of hydrogen-bond donors (Lipinski definition) is 1. The molecule has 0 atom stereocenters. The molecule has 1 aliphatic rings. The molecule has 1 aliphatic carbocycles. The van der Waals surface area contributed by atoms with Crippen LogP contribution in [-0.4, -0.2) is 34.9 Å². The normalized spacial score (nSPS) is 15.0. The van der Waals surface area contributed by atoms with E-state index in [-0.39, 0.29) is 5.69 Å². The molecule has 1 N–H and O–H groups in total. The molecular weight excluding hydrogens is 194 g/mol. The Morgan fingerprint density at radius 2 is 2.27 bits per heavy atom. The summed E-state index contributed by atoms with van der Waals surface area (Å²) in [5.74, 6) is 0.460. The minimum absolute atomic E-state index is 0.0152. The van der Waals surface area contributed by atoms with E-state index in [0.717, 1.165) is 18.3 Å². The second-order valence-corrected chi connectivity index (χ2v) is 3.91. The molecule has 0 radical (unpaired) electrons. The van der Waals surface area contributed by atoms with E-state index >= 15 is 0 Å². The maximum atomic E-state index is 10.6. The first-order chi connectivity index (χ1) is 7.16. The third-order valence-corrected chi connectivity index (χ3v) is 2.49. The summed E-state index contributed by atoms with van der Waals surface area (Å²) in [7, 11) is 1.95. The van der Waals surface area contributed by atoms with Crippen LogP contribution in [0.3, 0.4) is 0 Å². The Morgan fingerprint density at radius 1 is 1.53 bits per heavy atom. The Hall–Kier alpha value is -1.65. The van der Waals surface area contributed by atoms with Crippen molar-refractivity contribution in [1.82, 2.24) is 10.2 Å². The lowest BCUT2D eigenvalue weighted by Crippen LogP contribution is -2.21. The van der Waals surface area contributed by atoms with Crippen LogP contribution in [0.2, 0.25) is 0 Å². The van der Waals surface area contributed by atoms with Crippen LogP contribution in [0.15, 0.2) is 12.1 Å². The number of aromatic carboxylic acids is 1. The molecule has 1 aromatic rings. The Bertz CT molecular complexity index is 359. The van der Waals surface area contributed by atoms with Gasteiger partial charge in [0.2, 0.25) is 0 Å². The van der Waals surface area contributed by atoms with Crippen LogP contribution in [0.1, 0.15) is 23.3 Å². The lowest BCUT2D eigenvalue weighted by atomic mass is 10.3. The van der Waals surface area contributed by atoms with Gasteiger partial charge in [-0.25, -0.2) is 4.79 Å². The predicted molar refractivity (Wildman–Crippen MR) is 55.0 cm³/mol. The van der Waals surface area contributed by atoms with E-state index in [0.29, 0.717) is 0 Å². The molecule has 0 amide bonds. The van der Waals surface area contributed by atoms with Crippen molar-refractivity contribution in [2.75, 3.05) is 18.5 Å². The molecule has 1 heterocycles. The lowest BCUT2D eigenvalue weighted by molar-refractivity contribution is 0.0689. The number of nitrogens with zero attached hydrogens (tertiary/aromatic N) is 3. The first-order valence-corrected chi connectivity index (χ1v) is 4.95. The maximum Gasteiger partial charge on any atom is 0.356 e. The lowest BCUT2D eigenvalue weighted by Gasteiger charge is -2.16. The fourth-order valence-electron chi connectivity index (χ4n) is 1.42. The van der Waals surface area contributed by atoms with E-state index in [2.05, 4.69) is 10.2 Å². The summed E-state index contributed by atoms with van der Waals surface area (Å²) < 4.78 is 0. The minimum atomic E-state index is -1.04. The highest BCUT2D eigenvalue weighted by atomic mass is 16.4. The SMILES string of the molecule is CN(CC1CC1)c1ccc(C(=O)O)nn1. The molecule has 1 fully saturated rings. The van der Waals surface area contributed by atoms with Crippen molar-refractivity contribution >= 4 is 11.8 Å². The summed E-state index contributed by atoms with van der Waals surface area (Å²) in [4.78, 5) is 12.6. The summed E-state index contributed by atoms with van der Waals surface area (Å²) in [5.41, 5.74) is -0.0152. The van der Waals surface area contributed by atoms with Gasteiger partial charge in [0.25, 0.3) is 0 Å². The standard InChI is InChI=1S/C10H13N3O2/c1-13(6-7-2-3-7)9-5-4-8(10(14)15)11-12-9/h4-5,7H,2-3,6H2,1H3,(H,14,15). The summed E-state index contributed by atoms with van der Waals surface area (Å²) in [6, 6.07) is 3.17. The van der Waals surface area contributed by atoms with E-state index in [1.807, 2.05) is 11.9 Å². The zero-order chi connectivity index (χ0) is 10.8. The van der Waals surface area contributed by atoms with Crippen LogP contribution < -0.4 is 4.90 Å². The monoisotopic (exact) mass is 207 g/mol. The quantitative estimate of drug-likeness (QED) is 0.798. The van der Waals surface area contributed by atoms with Gasteiger partial charge in [-0.05, 0) is 30.9 Å². The highest BCUT2D eigenvalue weighted by Crippen LogP contribution is 2.30. The molecule has 2 rings (SSSR count). The van der Waals surface area contributed by atoms with Crippen molar-refractivity contribution in [3.63, 3.8) is 0 Å². The average Bonchev–Trinajstić information content (AvgIpc) is 3.02. The second-order valence-electron chi connectivity index (χ2n) is 3.91. The van der Waals surface area contributed by atoms with Crippen LogP contribution in [0.4, 0.5) is 5.82 Å². The number of rotatable bonds is 4. The van der Waals surface area contributed by atoms with Crippen molar-refractivity contribution in [1.29, 1.82) is 0 Å². The first-order valence-electron chi connectivity index (χ1n) is 4.95. The number of hydrogen-bond acceptors (Lipinski definition) is 4. The van der Waals surface area contributed by atoms with Gasteiger partial charge in [-0.1, -0.05) is 0 Å². The van der Waals surface area contributed by atoms with Crippen molar-refractivity contribution < 1.29 is 9.90 Å². The Balaban J connectivity index is 2.04. The Labute approximate surface area is 87.7 Å². The molecule has 0 aliphatic heterocycles. The zero-order valence-electron chi connectivity index (χ0n) is 8.55. The van der Waals surface area contributed by atoms with Gasteiger partial charge in [0.05, 0.1) is 0 Å². The molecule has 1 saturated carbocycles. The third-order valence-electron chi connectivity index (χ3n) is 2.49. The molecule has 15 heavy (non-hydrogen) atoms. The van der Waals surface area contributed by atoms with Gasteiger partial charge in [0.15, 0.2) is 11.5 Å². The van der Waals surface area contributed by atoms with Crippen LogP contribution in [0, 0.1) is 5.92 Å². The topological polar surface area (TPSA) is 66.3 Å². The van der Waals surface area contributed by atoms with Crippen LogP contribution in [0.25, 0.3) is 0 Å². The number of carbonyl (C=O) groups is 1. The second kappa shape index (κ2) is 3.84. The molecule has 80 valence electrons. The smallest absolute Gasteiger partial charge is 0.356 e. The van der Waals surface area contributed by atoms with E-state index in [4.69, 9.17) is 5.11 Å². The third kappa shape index (κ3) is 2.43. The predicted octanol–water partition coefficient (Wildman–Crippen LogP) is 1.02. The number of anilines is 1. The minimum Gasteiger partial charge on any atom is -0.476 e. The summed E-state index contributed by atoms with van der Waals surface area (Å²) in [5, 5.41) is 16.2. The van der Waals surface area contributed by atoms with Gasteiger partial charge in [0, 0.05) is 13.6 Å². The molecule has 1 aromatic heterocycles. The molecule has 0 bridgehead atoms. The van der Waals surface area contributed by atoms with E-state index in [9.17, 15) is 4.79 Å². The molecule has 0 unspecified atom stereocenters. The van der Waals surface area contributed by atoms with E-state index in [1.54, 1.807) is 6.07 Å². The average molecular weight is 207 g/mol. The number of aromatic nitrogens is 2. The first kappa shape index (κ1) is 9.89. The van der Waals surface area contributed by atoms with Crippen LogP contribution >= 0.6 is 0 Å². The van der Waals surface area contributed by atoms with Gasteiger partial charge in [-0.15, -0.1) is 10.2 Å². The molecule has 0 saturated heterocycles. The maximum absolute atomic E-state index is 10.6. The molecular formula is C10H13N3O2. The Morgan fingerprint density at radius 3 is 2.73 bits per heavy atom. The van der Waals surface area contributed by atoms with Crippen molar-refractivity contribution in [3.8, 4) is 0 Å². The highest BCUT2D eigenvalue weighted by Gasteiger charge is 2.23. The van der Waals surface area contributed by atoms with Gasteiger partial charge in [0.1, 0.15) is 0 Å². The summed E-state index contributed by atoms with van der Waals surface area (Å²) in [6.45, 7) is 0.973. The number of carboxylic acid groups (broad SMARTS) is 1. The fourth-order valence-corrected chi connectivity index (χ4v) is 1.42. The van der Waals surface area contributed by atoms with Gasteiger partial charge >= 0.3 is 5.97 Å². The molecule has 5 nitrogen and oxygen atoms in total. The van der Waals surface area contributed by atoms with Crippen molar-refractivity contribution in [2.24, 2.45) is 5.92 Å². The van der Waals surface area contributed by atoms with E-state index in [1.165, 1.54) is 18.9 Å². The van der Waals surface area contributed by atoms with Crippen molar-refractivity contribution in [2.45, 2.75) is 12.8 Å². The molecule has 0 spiro atoms. The molecule has 0 aromatic carbocycles.